The van der Waals surface area contributed by atoms with Crippen molar-refractivity contribution in [2.75, 3.05) is 19.6 Å². The zero-order valence-corrected chi connectivity index (χ0v) is 11.2. The molecule has 1 heterocycles. The van der Waals surface area contributed by atoms with Crippen molar-refractivity contribution < 1.29 is 0 Å². The van der Waals surface area contributed by atoms with Crippen LogP contribution in [0.25, 0.3) is 0 Å². The maximum absolute atomic E-state index is 3.79. The second-order valence-electron chi connectivity index (χ2n) is 5.80. The predicted octanol–water partition coefficient (Wildman–Crippen LogP) is 2.49. The molecule has 1 saturated heterocycles. The molecule has 1 aliphatic heterocycles. The molecule has 0 aromatic heterocycles. The highest BCUT2D eigenvalue weighted by Crippen LogP contribution is 2.35. The predicted molar refractivity (Wildman–Crippen MR) is 69.6 cm³/mol. The lowest BCUT2D eigenvalue weighted by Crippen LogP contribution is -2.59. The minimum Gasteiger partial charge on any atom is -0.311 e. The molecular formula is C14H28N2. The van der Waals surface area contributed by atoms with Crippen molar-refractivity contribution in [1.82, 2.24) is 10.2 Å². The molecule has 1 N–H and O–H groups in total. The summed E-state index contributed by atoms with van der Waals surface area (Å²) in [5.74, 6) is 1.83. The fourth-order valence-electron chi connectivity index (χ4n) is 3.05. The molecule has 2 rings (SSSR count). The standard InChI is InChI=1S/C14H28N2/c1-4-8-16-10-13(12-6-7-12)15-9-14(16)11(3)5-2/h11-15H,4-10H2,1-3H3. The number of hydrogen-bond donors (Lipinski definition) is 1. The van der Waals surface area contributed by atoms with Gasteiger partial charge in [-0.25, -0.2) is 0 Å². The molecule has 2 nitrogen and oxygen atoms in total. The minimum atomic E-state index is 0.778. The Kier molecular flexibility index (Phi) is 4.26. The third-order valence-electron chi connectivity index (χ3n) is 4.49. The van der Waals surface area contributed by atoms with Gasteiger partial charge in [0, 0.05) is 25.2 Å². The van der Waals surface area contributed by atoms with Gasteiger partial charge in [0.05, 0.1) is 0 Å². The third-order valence-corrected chi connectivity index (χ3v) is 4.49. The van der Waals surface area contributed by atoms with E-state index >= 15 is 0 Å². The zero-order valence-electron chi connectivity index (χ0n) is 11.2. The van der Waals surface area contributed by atoms with Gasteiger partial charge in [0.2, 0.25) is 0 Å². The molecular weight excluding hydrogens is 196 g/mol. The van der Waals surface area contributed by atoms with Gasteiger partial charge >= 0.3 is 0 Å². The van der Waals surface area contributed by atoms with Gasteiger partial charge in [0.15, 0.2) is 0 Å². The molecule has 3 unspecified atom stereocenters. The lowest BCUT2D eigenvalue weighted by Gasteiger charge is -2.43. The second-order valence-corrected chi connectivity index (χ2v) is 5.80. The van der Waals surface area contributed by atoms with Crippen LogP contribution in [-0.2, 0) is 0 Å². The average Bonchev–Trinajstić information content (AvgIpc) is 3.12. The second kappa shape index (κ2) is 5.50. The first-order chi connectivity index (χ1) is 7.76. The van der Waals surface area contributed by atoms with E-state index in [9.17, 15) is 0 Å². The summed E-state index contributed by atoms with van der Waals surface area (Å²) >= 11 is 0. The highest BCUT2D eigenvalue weighted by Gasteiger charge is 2.37. The first-order valence-electron chi connectivity index (χ1n) is 7.23. The number of nitrogens with one attached hydrogen (secondary N) is 1. The van der Waals surface area contributed by atoms with Gasteiger partial charge in [-0.2, -0.15) is 0 Å². The first kappa shape index (κ1) is 12.4. The average molecular weight is 224 g/mol. The van der Waals surface area contributed by atoms with Crippen LogP contribution in [0.3, 0.4) is 0 Å². The van der Waals surface area contributed by atoms with Crippen LogP contribution < -0.4 is 5.32 Å². The highest BCUT2D eigenvalue weighted by atomic mass is 15.2. The van der Waals surface area contributed by atoms with E-state index in [1.165, 1.54) is 45.3 Å². The quantitative estimate of drug-likeness (QED) is 0.772. The van der Waals surface area contributed by atoms with Crippen molar-refractivity contribution in [2.45, 2.75) is 58.5 Å². The smallest absolute Gasteiger partial charge is 0.0246 e. The lowest BCUT2D eigenvalue weighted by atomic mass is 9.93. The Balaban J connectivity index is 1.92. The van der Waals surface area contributed by atoms with Crippen molar-refractivity contribution in [1.29, 1.82) is 0 Å². The van der Waals surface area contributed by atoms with Gasteiger partial charge in [0.25, 0.3) is 0 Å². The van der Waals surface area contributed by atoms with Crippen LogP contribution >= 0.6 is 0 Å². The van der Waals surface area contributed by atoms with E-state index < -0.39 is 0 Å². The van der Waals surface area contributed by atoms with Gasteiger partial charge in [0.1, 0.15) is 0 Å². The molecule has 0 spiro atoms. The molecule has 2 fully saturated rings. The monoisotopic (exact) mass is 224 g/mol. The topological polar surface area (TPSA) is 15.3 Å². The van der Waals surface area contributed by atoms with E-state index in [1.807, 2.05) is 0 Å². The SMILES string of the molecule is CCCN1CC(C2CC2)NCC1C(C)CC. The summed E-state index contributed by atoms with van der Waals surface area (Å²) < 4.78 is 0. The van der Waals surface area contributed by atoms with Crippen molar-refractivity contribution in [3.05, 3.63) is 0 Å². The van der Waals surface area contributed by atoms with E-state index in [0.717, 1.165) is 23.9 Å². The molecule has 1 aliphatic carbocycles. The molecule has 0 aromatic rings. The molecule has 2 aliphatic rings. The van der Waals surface area contributed by atoms with Crippen LogP contribution in [0.4, 0.5) is 0 Å². The Morgan fingerprint density at radius 3 is 2.62 bits per heavy atom. The summed E-state index contributed by atoms with van der Waals surface area (Å²) in [7, 11) is 0. The number of rotatable bonds is 5. The molecule has 3 atom stereocenters. The van der Waals surface area contributed by atoms with E-state index in [4.69, 9.17) is 0 Å². The van der Waals surface area contributed by atoms with Crippen molar-refractivity contribution in [3.63, 3.8) is 0 Å². The summed E-state index contributed by atoms with van der Waals surface area (Å²) in [6.45, 7) is 10.8. The number of hydrogen-bond acceptors (Lipinski definition) is 2. The molecule has 0 radical (unpaired) electrons. The zero-order chi connectivity index (χ0) is 11.5. The van der Waals surface area contributed by atoms with Crippen molar-refractivity contribution >= 4 is 0 Å². The van der Waals surface area contributed by atoms with Gasteiger partial charge in [-0.1, -0.05) is 27.2 Å². The van der Waals surface area contributed by atoms with E-state index in [0.29, 0.717) is 0 Å². The molecule has 0 amide bonds. The minimum absolute atomic E-state index is 0.778. The molecule has 0 bridgehead atoms. The summed E-state index contributed by atoms with van der Waals surface area (Å²) in [4.78, 5) is 2.76. The van der Waals surface area contributed by atoms with Crippen LogP contribution in [0.2, 0.25) is 0 Å². The van der Waals surface area contributed by atoms with Gasteiger partial charge < -0.3 is 5.32 Å². The Labute approximate surface area is 101 Å². The fraction of sp³-hybridized carbons (Fsp3) is 1.00. The van der Waals surface area contributed by atoms with Gasteiger partial charge in [-0.05, 0) is 37.6 Å². The van der Waals surface area contributed by atoms with Crippen molar-refractivity contribution in [2.24, 2.45) is 11.8 Å². The largest absolute Gasteiger partial charge is 0.311 e. The van der Waals surface area contributed by atoms with E-state index in [2.05, 4.69) is 31.0 Å². The van der Waals surface area contributed by atoms with Crippen LogP contribution in [0.1, 0.15) is 46.5 Å². The van der Waals surface area contributed by atoms with Crippen LogP contribution in [0.15, 0.2) is 0 Å². The maximum atomic E-state index is 3.79. The maximum Gasteiger partial charge on any atom is 0.0246 e. The number of nitrogens with zero attached hydrogens (tertiary/aromatic N) is 1. The normalized spacial score (nSPS) is 33.9. The summed E-state index contributed by atoms with van der Waals surface area (Å²) in [6, 6.07) is 1.58. The van der Waals surface area contributed by atoms with E-state index in [-0.39, 0.29) is 0 Å². The van der Waals surface area contributed by atoms with Crippen LogP contribution in [0.5, 0.6) is 0 Å². The Bertz CT molecular complexity index is 213. The molecule has 0 aromatic carbocycles. The van der Waals surface area contributed by atoms with Crippen LogP contribution in [0, 0.1) is 11.8 Å². The third kappa shape index (κ3) is 2.78. The Hall–Kier alpha value is -0.0800. The highest BCUT2D eigenvalue weighted by molar-refractivity contribution is 4.95. The molecule has 94 valence electrons. The van der Waals surface area contributed by atoms with Crippen LogP contribution in [-0.4, -0.2) is 36.6 Å². The molecule has 2 heteroatoms. The van der Waals surface area contributed by atoms with Gasteiger partial charge in [-0.3, -0.25) is 4.90 Å². The summed E-state index contributed by atoms with van der Waals surface area (Å²) in [5.41, 5.74) is 0. The lowest BCUT2D eigenvalue weighted by molar-refractivity contribution is 0.0858. The van der Waals surface area contributed by atoms with Gasteiger partial charge in [-0.15, -0.1) is 0 Å². The molecule has 1 saturated carbocycles. The first-order valence-corrected chi connectivity index (χ1v) is 7.23. The molecule has 16 heavy (non-hydrogen) atoms. The Morgan fingerprint density at radius 1 is 1.31 bits per heavy atom. The fourth-order valence-corrected chi connectivity index (χ4v) is 3.05. The Morgan fingerprint density at radius 2 is 2.06 bits per heavy atom. The summed E-state index contributed by atoms with van der Waals surface area (Å²) in [5, 5.41) is 3.79. The summed E-state index contributed by atoms with van der Waals surface area (Å²) in [6.07, 6.45) is 5.53. The van der Waals surface area contributed by atoms with E-state index in [1.54, 1.807) is 0 Å². The van der Waals surface area contributed by atoms with Crippen molar-refractivity contribution in [3.8, 4) is 0 Å². The number of piperazine rings is 1.